The summed E-state index contributed by atoms with van der Waals surface area (Å²) < 4.78 is 21.3. The molecule has 0 spiro atoms. The van der Waals surface area contributed by atoms with E-state index in [0.717, 1.165) is 49.1 Å². The van der Waals surface area contributed by atoms with Crippen molar-refractivity contribution in [3.63, 3.8) is 0 Å². The lowest BCUT2D eigenvalue weighted by atomic mass is 10.0. The van der Waals surface area contributed by atoms with Gasteiger partial charge in [0.05, 0.1) is 40.0 Å². The SMILES string of the molecule is CN=C(NCc1ccon1)NCC(c1ccc(OC)c(OC)c1)N1CCOCC1. The van der Waals surface area contributed by atoms with Gasteiger partial charge in [-0.2, -0.15) is 0 Å². The number of benzene rings is 1. The monoisotopic (exact) mass is 403 g/mol. The van der Waals surface area contributed by atoms with E-state index in [2.05, 4.69) is 31.7 Å². The van der Waals surface area contributed by atoms with E-state index in [-0.39, 0.29) is 6.04 Å². The van der Waals surface area contributed by atoms with E-state index in [0.29, 0.717) is 19.0 Å². The number of hydrogen-bond donors (Lipinski definition) is 2. The summed E-state index contributed by atoms with van der Waals surface area (Å²) in [5, 5.41) is 10.6. The zero-order chi connectivity index (χ0) is 20.5. The number of nitrogens with one attached hydrogen (secondary N) is 2. The average Bonchev–Trinajstić information content (AvgIpc) is 3.30. The summed E-state index contributed by atoms with van der Waals surface area (Å²) in [4.78, 5) is 6.71. The first-order chi connectivity index (χ1) is 14.2. The molecule has 1 fully saturated rings. The summed E-state index contributed by atoms with van der Waals surface area (Å²) in [5.41, 5.74) is 1.96. The third kappa shape index (κ3) is 5.61. The third-order valence-electron chi connectivity index (χ3n) is 4.89. The van der Waals surface area contributed by atoms with Gasteiger partial charge in [-0.15, -0.1) is 0 Å². The van der Waals surface area contributed by atoms with Crippen LogP contribution in [0.2, 0.25) is 0 Å². The van der Waals surface area contributed by atoms with E-state index in [1.165, 1.54) is 0 Å². The Morgan fingerprint density at radius 3 is 2.62 bits per heavy atom. The molecule has 0 aliphatic carbocycles. The van der Waals surface area contributed by atoms with Crippen molar-refractivity contribution in [2.75, 3.05) is 54.1 Å². The number of guanidine groups is 1. The molecule has 9 nitrogen and oxygen atoms in total. The van der Waals surface area contributed by atoms with Gasteiger partial charge in [-0.05, 0) is 17.7 Å². The third-order valence-corrected chi connectivity index (χ3v) is 4.89. The maximum atomic E-state index is 5.54. The maximum Gasteiger partial charge on any atom is 0.191 e. The number of aromatic nitrogens is 1. The highest BCUT2D eigenvalue weighted by atomic mass is 16.5. The summed E-state index contributed by atoms with van der Waals surface area (Å²) in [6.07, 6.45) is 1.55. The molecule has 1 atom stereocenters. The van der Waals surface area contributed by atoms with Crippen molar-refractivity contribution in [3.05, 3.63) is 41.8 Å². The maximum absolute atomic E-state index is 5.54. The molecule has 0 radical (unpaired) electrons. The molecular weight excluding hydrogens is 374 g/mol. The van der Waals surface area contributed by atoms with Crippen molar-refractivity contribution < 1.29 is 18.7 Å². The molecule has 1 saturated heterocycles. The molecule has 2 aromatic rings. The van der Waals surface area contributed by atoms with Crippen LogP contribution in [0.5, 0.6) is 11.5 Å². The molecule has 0 bridgehead atoms. The minimum atomic E-state index is 0.129. The summed E-state index contributed by atoms with van der Waals surface area (Å²) in [5.74, 6) is 2.14. The Bertz CT molecular complexity index is 775. The van der Waals surface area contributed by atoms with Gasteiger partial charge in [-0.3, -0.25) is 9.89 Å². The van der Waals surface area contributed by atoms with Gasteiger partial charge >= 0.3 is 0 Å². The number of methoxy groups -OCH3 is 2. The standard InChI is InChI=1S/C20H29N5O4/c1-21-20(22-13-16-6-9-29-24-16)23-14-17(25-7-10-28-11-8-25)15-4-5-18(26-2)19(12-15)27-3/h4-6,9,12,17H,7-8,10-11,13-14H2,1-3H3,(H2,21,22,23). The van der Waals surface area contributed by atoms with E-state index in [1.807, 2.05) is 18.2 Å². The first kappa shape index (κ1) is 20.9. The topological polar surface area (TPSA) is 93.4 Å². The van der Waals surface area contributed by atoms with E-state index in [1.54, 1.807) is 27.5 Å². The van der Waals surface area contributed by atoms with Crippen LogP contribution < -0.4 is 20.1 Å². The number of ether oxygens (including phenoxy) is 3. The Morgan fingerprint density at radius 1 is 1.17 bits per heavy atom. The van der Waals surface area contributed by atoms with Crippen LogP contribution in [0, 0.1) is 0 Å². The van der Waals surface area contributed by atoms with Crippen molar-refractivity contribution in [3.8, 4) is 11.5 Å². The van der Waals surface area contributed by atoms with Gasteiger partial charge in [-0.1, -0.05) is 11.2 Å². The normalized spacial score (nSPS) is 16.3. The van der Waals surface area contributed by atoms with Crippen LogP contribution in [0.3, 0.4) is 0 Å². The molecular formula is C20H29N5O4. The van der Waals surface area contributed by atoms with Gasteiger partial charge in [0, 0.05) is 32.7 Å². The lowest BCUT2D eigenvalue weighted by Gasteiger charge is -2.35. The Morgan fingerprint density at radius 2 is 1.97 bits per heavy atom. The molecule has 1 aromatic heterocycles. The Labute approximate surface area is 171 Å². The van der Waals surface area contributed by atoms with Crippen molar-refractivity contribution in [2.24, 2.45) is 4.99 Å². The fraction of sp³-hybridized carbons (Fsp3) is 0.500. The fourth-order valence-electron chi connectivity index (χ4n) is 3.32. The van der Waals surface area contributed by atoms with E-state index < -0.39 is 0 Å². The molecule has 2 heterocycles. The summed E-state index contributed by atoms with van der Waals surface area (Å²) in [6.45, 7) is 4.39. The van der Waals surface area contributed by atoms with Crippen LogP contribution >= 0.6 is 0 Å². The largest absolute Gasteiger partial charge is 0.493 e. The number of hydrogen-bond acceptors (Lipinski definition) is 7. The summed E-state index contributed by atoms with van der Waals surface area (Å²) >= 11 is 0. The molecule has 0 amide bonds. The molecule has 2 N–H and O–H groups in total. The van der Waals surface area contributed by atoms with Crippen molar-refractivity contribution in [1.82, 2.24) is 20.7 Å². The second-order valence-corrected chi connectivity index (χ2v) is 6.58. The van der Waals surface area contributed by atoms with E-state index in [9.17, 15) is 0 Å². The number of aliphatic imine (C=N–C) groups is 1. The summed E-state index contributed by atoms with van der Waals surface area (Å²) in [7, 11) is 5.04. The van der Waals surface area contributed by atoms with Crippen molar-refractivity contribution >= 4 is 5.96 Å². The van der Waals surface area contributed by atoms with Gasteiger partial charge < -0.3 is 29.4 Å². The molecule has 1 aliphatic heterocycles. The first-order valence-corrected chi connectivity index (χ1v) is 9.62. The first-order valence-electron chi connectivity index (χ1n) is 9.62. The zero-order valence-corrected chi connectivity index (χ0v) is 17.2. The van der Waals surface area contributed by atoms with Crippen LogP contribution in [0.4, 0.5) is 0 Å². The van der Waals surface area contributed by atoms with Gasteiger partial charge in [0.25, 0.3) is 0 Å². The van der Waals surface area contributed by atoms with Crippen LogP contribution in [-0.2, 0) is 11.3 Å². The van der Waals surface area contributed by atoms with E-state index in [4.69, 9.17) is 18.7 Å². The predicted molar refractivity (Wildman–Crippen MR) is 109 cm³/mol. The molecule has 29 heavy (non-hydrogen) atoms. The molecule has 1 aliphatic rings. The van der Waals surface area contributed by atoms with Crippen LogP contribution in [0.1, 0.15) is 17.3 Å². The molecule has 1 unspecified atom stereocenters. The summed E-state index contributed by atoms with van der Waals surface area (Å²) in [6, 6.07) is 8.00. The molecule has 9 heteroatoms. The van der Waals surface area contributed by atoms with E-state index >= 15 is 0 Å². The number of rotatable bonds is 8. The fourth-order valence-corrected chi connectivity index (χ4v) is 3.32. The predicted octanol–water partition coefficient (Wildman–Crippen LogP) is 1.43. The van der Waals surface area contributed by atoms with Crippen molar-refractivity contribution in [1.29, 1.82) is 0 Å². The van der Waals surface area contributed by atoms with Crippen molar-refractivity contribution in [2.45, 2.75) is 12.6 Å². The van der Waals surface area contributed by atoms with Gasteiger partial charge in [0.1, 0.15) is 12.0 Å². The lowest BCUT2D eigenvalue weighted by molar-refractivity contribution is 0.0169. The molecule has 1 aromatic carbocycles. The highest BCUT2D eigenvalue weighted by Crippen LogP contribution is 2.32. The highest BCUT2D eigenvalue weighted by Gasteiger charge is 2.24. The van der Waals surface area contributed by atoms with Crippen LogP contribution in [0.25, 0.3) is 0 Å². The van der Waals surface area contributed by atoms with Gasteiger partial charge in [-0.25, -0.2) is 0 Å². The lowest BCUT2D eigenvalue weighted by Crippen LogP contribution is -2.46. The molecule has 158 valence electrons. The average molecular weight is 403 g/mol. The number of nitrogens with zero attached hydrogens (tertiary/aromatic N) is 3. The second-order valence-electron chi connectivity index (χ2n) is 6.58. The zero-order valence-electron chi connectivity index (χ0n) is 17.2. The second kappa shape index (κ2) is 10.7. The minimum Gasteiger partial charge on any atom is -0.493 e. The number of morpholine rings is 1. The quantitative estimate of drug-likeness (QED) is 0.505. The highest BCUT2D eigenvalue weighted by molar-refractivity contribution is 5.79. The molecule has 3 rings (SSSR count). The smallest absolute Gasteiger partial charge is 0.191 e. The van der Waals surface area contributed by atoms with Gasteiger partial charge in [0.15, 0.2) is 17.5 Å². The van der Waals surface area contributed by atoms with Gasteiger partial charge in [0.2, 0.25) is 0 Å². The Hall–Kier alpha value is -2.78. The molecule has 0 saturated carbocycles. The Kier molecular flexibility index (Phi) is 7.71. The minimum absolute atomic E-state index is 0.129. The van der Waals surface area contributed by atoms with Crippen LogP contribution in [-0.4, -0.2) is 70.1 Å². The Balaban J connectivity index is 1.71. The van der Waals surface area contributed by atoms with Crippen LogP contribution in [0.15, 0.2) is 40.0 Å².